The quantitative estimate of drug-likeness (QED) is 0.690. The Balaban J connectivity index is 0.00000225. The zero-order valence-corrected chi connectivity index (χ0v) is 16.8. The minimum Gasteiger partial charge on any atom is -0.487 e. The molecule has 1 saturated heterocycles. The van der Waals surface area contributed by atoms with E-state index in [9.17, 15) is 0 Å². The first-order valence-electron chi connectivity index (χ1n) is 9.33. The normalized spacial score (nSPS) is 17.1. The predicted octanol–water partition coefficient (Wildman–Crippen LogP) is 2.96. The van der Waals surface area contributed by atoms with Crippen molar-refractivity contribution in [2.75, 3.05) is 19.6 Å². The molecular weight excluding hydrogens is 374 g/mol. The van der Waals surface area contributed by atoms with Gasteiger partial charge in [0, 0.05) is 51.8 Å². The molecule has 3 aromatic rings. The third kappa shape index (κ3) is 4.90. The van der Waals surface area contributed by atoms with E-state index in [0.29, 0.717) is 6.61 Å². The Morgan fingerprint density at radius 2 is 2.07 bits per heavy atom. The monoisotopic (exact) mass is 399 g/mol. The molecule has 0 amide bonds. The van der Waals surface area contributed by atoms with Gasteiger partial charge in [-0.05, 0) is 29.8 Å². The van der Waals surface area contributed by atoms with Gasteiger partial charge in [0.25, 0.3) is 0 Å². The van der Waals surface area contributed by atoms with Crippen LogP contribution in [0.15, 0.2) is 61.1 Å². The fraction of sp³-hybridized carbons (Fsp3) is 0.333. The molecule has 1 atom stereocenters. The largest absolute Gasteiger partial charge is 0.487 e. The Kier molecular flexibility index (Phi) is 7.03. The van der Waals surface area contributed by atoms with Gasteiger partial charge in [-0.15, -0.1) is 12.4 Å². The number of ether oxygens (including phenoxy) is 1. The molecule has 1 aliphatic heterocycles. The van der Waals surface area contributed by atoms with E-state index in [0.717, 1.165) is 43.4 Å². The molecule has 7 heteroatoms. The lowest BCUT2D eigenvalue weighted by molar-refractivity contribution is 0.144. The number of imidazole rings is 1. The molecule has 4 rings (SSSR count). The predicted molar refractivity (Wildman–Crippen MR) is 111 cm³/mol. The zero-order chi connectivity index (χ0) is 18.5. The Hall–Kier alpha value is -2.41. The van der Waals surface area contributed by atoms with Crippen LogP contribution in [0.25, 0.3) is 0 Å². The highest BCUT2D eigenvalue weighted by atomic mass is 35.5. The van der Waals surface area contributed by atoms with Crippen molar-refractivity contribution >= 4 is 12.4 Å². The van der Waals surface area contributed by atoms with E-state index in [1.807, 2.05) is 36.7 Å². The van der Waals surface area contributed by atoms with Crippen molar-refractivity contribution in [2.45, 2.75) is 19.2 Å². The van der Waals surface area contributed by atoms with Crippen LogP contribution in [-0.2, 0) is 20.2 Å². The second kappa shape index (κ2) is 9.68. The van der Waals surface area contributed by atoms with Crippen LogP contribution in [-0.4, -0.2) is 39.1 Å². The van der Waals surface area contributed by atoms with Crippen LogP contribution < -0.4 is 10.1 Å². The number of benzene rings is 1. The number of aromatic nitrogens is 3. The molecular formula is C21H26ClN5O. The first-order chi connectivity index (χ1) is 13.3. The van der Waals surface area contributed by atoms with E-state index in [2.05, 4.69) is 50.0 Å². The third-order valence-corrected chi connectivity index (χ3v) is 4.91. The lowest BCUT2D eigenvalue weighted by Gasteiger charge is -2.35. The van der Waals surface area contributed by atoms with Gasteiger partial charge in [-0.25, -0.2) is 4.98 Å². The van der Waals surface area contributed by atoms with Crippen molar-refractivity contribution in [2.24, 2.45) is 7.05 Å². The number of rotatable bonds is 6. The average Bonchev–Trinajstić information content (AvgIpc) is 3.14. The summed E-state index contributed by atoms with van der Waals surface area (Å²) in [7, 11) is 2.06. The molecule has 0 bridgehead atoms. The molecule has 0 radical (unpaired) electrons. The van der Waals surface area contributed by atoms with Gasteiger partial charge >= 0.3 is 0 Å². The van der Waals surface area contributed by atoms with Gasteiger partial charge in [0.1, 0.15) is 18.2 Å². The van der Waals surface area contributed by atoms with Crippen molar-refractivity contribution in [1.82, 2.24) is 24.8 Å². The summed E-state index contributed by atoms with van der Waals surface area (Å²) in [6.45, 7) is 4.27. The zero-order valence-electron chi connectivity index (χ0n) is 16.0. The topological polar surface area (TPSA) is 55.2 Å². The van der Waals surface area contributed by atoms with Crippen LogP contribution in [0.5, 0.6) is 5.75 Å². The summed E-state index contributed by atoms with van der Waals surface area (Å²) in [5.74, 6) is 1.98. The van der Waals surface area contributed by atoms with Gasteiger partial charge in [-0.1, -0.05) is 18.2 Å². The van der Waals surface area contributed by atoms with Crippen molar-refractivity contribution in [3.8, 4) is 5.75 Å². The van der Waals surface area contributed by atoms with Crippen molar-refractivity contribution in [3.63, 3.8) is 0 Å². The number of nitrogens with one attached hydrogen (secondary N) is 1. The molecule has 0 saturated carbocycles. The van der Waals surface area contributed by atoms with E-state index in [1.165, 1.54) is 5.56 Å². The molecule has 1 aliphatic rings. The minimum atomic E-state index is 0. The minimum absolute atomic E-state index is 0. The van der Waals surface area contributed by atoms with Crippen LogP contribution in [0.2, 0.25) is 0 Å². The summed E-state index contributed by atoms with van der Waals surface area (Å²) in [5, 5.41) is 3.49. The van der Waals surface area contributed by atoms with Gasteiger partial charge in [0.2, 0.25) is 0 Å². The van der Waals surface area contributed by atoms with Crippen LogP contribution in [0.3, 0.4) is 0 Å². The Bertz CT molecular complexity index is 870. The molecule has 1 fully saturated rings. The summed E-state index contributed by atoms with van der Waals surface area (Å²) in [5.41, 5.74) is 2.18. The third-order valence-electron chi connectivity index (χ3n) is 4.91. The van der Waals surface area contributed by atoms with Crippen LogP contribution in [0.4, 0.5) is 0 Å². The Morgan fingerprint density at radius 3 is 2.86 bits per heavy atom. The summed E-state index contributed by atoms with van der Waals surface area (Å²) >= 11 is 0. The number of aryl methyl sites for hydroxylation is 1. The first-order valence-corrected chi connectivity index (χ1v) is 9.33. The van der Waals surface area contributed by atoms with Crippen LogP contribution in [0, 0.1) is 0 Å². The van der Waals surface area contributed by atoms with E-state index in [-0.39, 0.29) is 18.4 Å². The number of hydrogen-bond acceptors (Lipinski definition) is 5. The molecule has 1 unspecified atom stereocenters. The van der Waals surface area contributed by atoms with Gasteiger partial charge in [-0.2, -0.15) is 0 Å². The second-order valence-electron chi connectivity index (χ2n) is 6.84. The van der Waals surface area contributed by atoms with Crippen LogP contribution in [0.1, 0.15) is 23.1 Å². The fourth-order valence-corrected chi connectivity index (χ4v) is 3.50. The molecule has 148 valence electrons. The van der Waals surface area contributed by atoms with Crippen LogP contribution >= 0.6 is 12.4 Å². The van der Waals surface area contributed by atoms with Crippen molar-refractivity contribution in [1.29, 1.82) is 0 Å². The fourth-order valence-electron chi connectivity index (χ4n) is 3.50. The lowest BCUT2D eigenvalue weighted by Crippen LogP contribution is -2.46. The number of pyridine rings is 1. The Morgan fingerprint density at radius 1 is 1.14 bits per heavy atom. The highest BCUT2D eigenvalue weighted by molar-refractivity contribution is 5.85. The molecule has 2 aromatic heterocycles. The highest BCUT2D eigenvalue weighted by Crippen LogP contribution is 2.24. The van der Waals surface area contributed by atoms with Gasteiger partial charge in [0.15, 0.2) is 0 Å². The smallest absolute Gasteiger partial charge is 0.130 e. The Labute approximate surface area is 172 Å². The number of hydrogen-bond donors (Lipinski definition) is 1. The van der Waals surface area contributed by atoms with E-state index in [4.69, 9.17) is 4.74 Å². The molecule has 28 heavy (non-hydrogen) atoms. The molecule has 3 heterocycles. The maximum Gasteiger partial charge on any atom is 0.130 e. The van der Waals surface area contributed by atoms with Gasteiger partial charge in [0.05, 0.1) is 11.7 Å². The average molecular weight is 400 g/mol. The molecule has 1 N–H and O–H groups in total. The number of nitrogens with zero attached hydrogens (tertiary/aromatic N) is 4. The van der Waals surface area contributed by atoms with Gasteiger partial charge in [-0.3, -0.25) is 9.88 Å². The van der Waals surface area contributed by atoms with E-state index in [1.54, 1.807) is 6.20 Å². The van der Waals surface area contributed by atoms with E-state index >= 15 is 0 Å². The number of halogens is 1. The maximum absolute atomic E-state index is 5.93. The van der Waals surface area contributed by atoms with Crippen molar-refractivity contribution in [3.05, 3.63) is 78.1 Å². The SMILES string of the molecule is Cl.Cn1ccnc1C1CNCCN1Cc1cccc(OCc2ccccn2)c1. The van der Waals surface area contributed by atoms with E-state index < -0.39 is 0 Å². The summed E-state index contributed by atoms with van der Waals surface area (Å²) in [6.07, 6.45) is 5.67. The van der Waals surface area contributed by atoms with Gasteiger partial charge < -0.3 is 14.6 Å². The summed E-state index contributed by atoms with van der Waals surface area (Å²) in [4.78, 5) is 11.4. The summed E-state index contributed by atoms with van der Waals surface area (Å²) in [6, 6.07) is 14.5. The lowest BCUT2D eigenvalue weighted by atomic mass is 10.1. The highest BCUT2D eigenvalue weighted by Gasteiger charge is 2.26. The molecule has 0 aliphatic carbocycles. The molecule has 0 spiro atoms. The summed E-state index contributed by atoms with van der Waals surface area (Å²) < 4.78 is 8.04. The maximum atomic E-state index is 5.93. The molecule has 6 nitrogen and oxygen atoms in total. The first kappa shape index (κ1) is 20.3. The second-order valence-corrected chi connectivity index (χ2v) is 6.84. The molecule has 1 aromatic carbocycles. The van der Waals surface area contributed by atoms with Crippen molar-refractivity contribution < 1.29 is 4.74 Å². The standard InChI is InChI=1S/C21H25N5O.ClH/c1-25-11-10-24-21(25)20-14-22-9-12-26(20)15-17-5-4-7-19(13-17)27-16-18-6-2-3-8-23-18;/h2-8,10-11,13,20,22H,9,12,14-16H2,1H3;1H. The number of piperazine rings is 1.